The highest BCUT2D eigenvalue weighted by atomic mass is 35.5. The first-order valence-corrected chi connectivity index (χ1v) is 6.55. The number of benzene rings is 1. The second-order valence-electron chi connectivity index (χ2n) is 4.84. The summed E-state index contributed by atoms with van der Waals surface area (Å²) in [6.45, 7) is 5.73. The van der Waals surface area contributed by atoms with Gasteiger partial charge in [0.25, 0.3) is 0 Å². The predicted molar refractivity (Wildman–Crippen MR) is 78.8 cm³/mol. The molecular formula is C14H20ClN3O. The fraction of sp³-hybridized carbons (Fsp3) is 0.500. The molecule has 0 amide bonds. The molecule has 4 nitrogen and oxygen atoms in total. The van der Waals surface area contributed by atoms with E-state index in [1.165, 1.54) is 11.1 Å². The molecule has 0 aliphatic carbocycles. The van der Waals surface area contributed by atoms with Crippen LogP contribution in [0.5, 0.6) is 0 Å². The van der Waals surface area contributed by atoms with E-state index in [-0.39, 0.29) is 18.5 Å². The van der Waals surface area contributed by atoms with Crippen LogP contribution in [0.3, 0.4) is 0 Å². The molecule has 0 spiro atoms. The second kappa shape index (κ2) is 5.90. The SMILES string of the molecule is CCN(C)C[C@@H]1OCCn2nc3ccccc3c21.Cl. The van der Waals surface area contributed by atoms with E-state index in [4.69, 9.17) is 4.74 Å². The number of aromatic nitrogens is 2. The Morgan fingerprint density at radius 2 is 2.21 bits per heavy atom. The zero-order valence-electron chi connectivity index (χ0n) is 11.4. The number of likely N-dealkylation sites (N-methyl/N-ethyl adjacent to an activating group) is 1. The van der Waals surface area contributed by atoms with E-state index in [0.717, 1.165) is 31.8 Å². The molecule has 1 aromatic heterocycles. The van der Waals surface area contributed by atoms with Gasteiger partial charge in [0.2, 0.25) is 0 Å². The summed E-state index contributed by atoms with van der Waals surface area (Å²) in [4.78, 5) is 2.28. The molecule has 0 fully saturated rings. The van der Waals surface area contributed by atoms with Crippen LogP contribution in [0.4, 0.5) is 0 Å². The maximum Gasteiger partial charge on any atom is 0.112 e. The van der Waals surface area contributed by atoms with E-state index >= 15 is 0 Å². The van der Waals surface area contributed by atoms with E-state index in [1.54, 1.807) is 0 Å². The maximum atomic E-state index is 5.94. The van der Waals surface area contributed by atoms with Crippen molar-refractivity contribution in [2.45, 2.75) is 19.6 Å². The molecule has 2 aromatic rings. The van der Waals surface area contributed by atoms with Crippen molar-refractivity contribution in [2.24, 2.45) is 0 Å². The van der Waals surface area contributed by atoms with Crippen molar-refractivity contribution in [3.05, 3.63) is 30.0 Å². The molecule has 1 aliphatic rings. The van der Waals surface area contributed by atoms with Crippen LogP contribution in [0.15, 0.2) is 24.3 Å². The van der Waals surface area contributed by atoms with Crippen molar-refractivity contribution < 1.29 is 4.74 Å². The van der Waals surface area contributed by atoms with Crippen LogP contribution in [0, 0.1) is 0 Å². The first-order chi connectivity index (χ1) is 8.79. The lowest BCUT2D eigenvalue weighted by Gasteiger charge is -2.28. The van der Waals surface area contributed by atoms with Gasteiger partial charge in [0.05, 0.1) is 24.4 Å². The zero-order valence-corrected chi connectivity index (χ0v) is 12.2. The van der Waals surface area contributed by atoms with E-state index in [9.17, 15) is 0 Å². The van der Waals surface area contributed by atoms with Crippen LogP contribution < -0.4 is 0 Å². The first-order valence-electron chi connectivity index (χ1n) is 6.55. The van der Waals surface area contributed by atoms with Gasteiger partial charge in [0.15, 0.2) is 0 Å². The van der Waals surface area contributed by atoms with Gasteiger partial charge in [0, 0.05) is 11.9 Å². The van der Waals surface area contributed by atoms with Gasteiger partial charge in [-0.1, -0.05) is 25.1 Å². The maximum absolute atomic E-state index is 5.94. The third-order valence-electron chi connectivity index (χ3n) is 3.63. The van der Waals surface area contributed by atoms with E-state index in [1.807, 2.05) is 6.07 Å². The van der Waals surface area contributed by atoms with Crippen molar-refractivity contribution >= 4 is 23.3 Å². The van der Waals surface area contributed by atoms with Crippen LogP contribution in [0.1, 0.15) is 18.7 Å². The molecular weight excluding hydrogens is 262 g/mol. The molecule has 0 saturated carbocycles. The molecule has 2 heterocycles. The molecule has 1 atom stereocenters. The molecule has 19 heavy (non-hydrogen) atoms. The molecule has 0 saturated heterocycles. The normalized spacial score (nSPS) is 18.4. The molecule has 3 rings (SSSR count). The van der Waals surface area contributed by atoms with Gasteiger partial charge >= 0.3 is 0 Å². The Hall–Kier alpha value is -1.10. The number of hydrogen-bond donors (Lipinski definition) is 0. The monoisotopic (exact) mass is 281 g/mol. The number of nitrogens with zero attached hydrogens (tertiary/aromatic N) is 3. The molecule has 104 valence electrons. The summed E-state index contributed by atoms with van der Waals surface area (Å²) in [5.41, 5.74) is 2.30. The minimum atomic E-state index is 0. The van der Waals surface area contributed by atoms with E-state index in [0.29, 0.717) is 0 Å². The highest BCUT2D eigenvalue weighted by Crippen LogP contribution is 2.29. The summed E-state index contributed by atoms with van der Waals surface area (Å²) < 4.78 is 8.05. The first kappa shape index (κ1) is 14.3. The lowest BCUT2D eigenvalue weighted by atomic mass is 10.1. The van der Waals surface area contributed by atoms with Gasteiger partial charge in [0.1, 0.15) is 6.10 Å². The van der Waals surface area contributed by atoms with Crippen LogP contribution in [0.2, 0.25) is 0 Å². The minimum absolute atomic E-state index is 0. The standard InChI is InChI=1S/C14H19N3O.ClH/c1-3-16(2)10-13-14-11-6-4-5-7-12(11)15-17(14)8-9-18-13;/h4-7,13H,3,8-10H2,1-2H3;1H/t13-;/m0./s1. The fourth-order valence-electron chi connectivity index (χ4n) is 2.52. The van der Waals surface area contributed by atoms with Crippen molar-refractivity contribution in [2.75, 3.05) is 26.7 Å². The average Bonchev–Trinajstić information content (AvgIpc) is 2.78. The van der Waals surface area contributed by atoms with Crippen LogP contribution in [-0.4, -0.2) is 41.4 Å². The van der Waals surface area contributed by atoms with Gasteiger partial charge < -0.3 is 9.64 Å². The second-order valence-corrected chi connectivity index (χ2v) is 4.84. The Kier molecular flexibility index (Phi) is 4.45. The number of halogens is 1. The van der Waals surface area contributed by atoms with Crippen molar-refractivity contribution in [3.63, 3.8) is 0 Å². The summed E-state index contributed by atoms with van der Waals surface area (Å²) in [5.74, 6) is 0. The van der Waals surface area contributed by atoms with Gasteiger partial charge in [-0.05, 0) is 19.7 Å². The Balaban J connectivity index is 0.00000133. The number of hydrogen-bond acceptors (Lipinski definition) is 3. The van der Waals surface area contributed by atoms with Crippen LogP contribution in [-0.2, 0) is 11.3 Å². The summed E-state index contributed by atoms with van der Waals surface area (Å²) in [6.07, 6.45) is 0.135. The number of ether oxygens (including phenoxy) is 1. The number of fused-ring (bicyclic) bond motifs is 3. The van der Waals surface area contributed by atoms with E-state index < -0.39 is 0 Å². The third-order valence-corrected chi connectivity index (χ3v) is 3.63. The van der Waals surface area contributed by atoms with Gasteiger partial charge in [-0.25, -0.2) is 0 Å². The molecule has 0 bridgehead atoms. The topological polar surface area (TPSA) is 30.3 Å². The van der Waals surface area contributed by atoms with Crippen LogP contribution >= 0.6 is 12.4 Å². The van der Waals surface area contributed by atoms with Crippen molar-refractivity contribution in [1.82, 2.24) is 14.7 Å². The molecule has 0 radical (unpaired) electrons. The lowest BCUT2D eigenvalue weighted by molar-refractivity contribution is 0.000555. The summed E-state index contributed by atoms with van der Waals surface area (Å²) in [6, 6.07) is 8.32. The average molecular weight is 282 g/mol. The van der Waals surface area contributed by atoms with Gasteiger partial charge in [-0.3, -0.25) is 4.68 Å². The Morgan fingerprint density at radius 1 is 1.42 bits per heavy atom. The smallest absolute Gasteiger partial charge is 0.112 e. The highest BCUT2D eigenvalue weighted by molar-refractivity contribution is 5.85. The molecule has 1 aliphatic heterocycles. The fourth-order valence-corrected chi connectivity index (χ4v) is 2.52. The highest BCUT2D eigenvalue weighted by Gasteiger charge is 2.25. The largest absolute Gasteiger partial charge is 0.369 e. The quantitative estimate of drug-likeness (QED) is 0.866. The Labute approximate surface area is 119 Å². The number of rotatable bonds is 3. The van der Waals surface area contributed by atoms with Crippen LogP contribution in [0.25, 0.3) is 10.9 Å². The van der Waals surface area contributed by atoms with Crippen molar-refractivity contribution in [1.29, 1.82) is 0 Å². The predicted octanol–water partition coefficient (Wildman–Crippen LogP) is 2.48. The molecule has 0 N–H and O–H groups in total. The summed E-state index contributed by atoms with van der Waals surface area (Å²) in [5, 5.41) is 5.88. The summed E-state index contributed by atoms with van der Waals surface area (Å²) in [7, 11) is 2.13. The molecule has 5 heteroatoms. The molecule has 1 aromatic carbocycles. The minimum Gasteiger partial charge on any atom is -0.369 e. The van der Waals surface area contributed by atoms with Crippen molar-refractivity contribution in [3.8, 4) is 0 Å². The third kappa shape index (κ3) is 2.61. The van der Waals surface area contributed by atoms with E-state index in [2.05, 4.69) is 46.9 Å². The lowest BCUT2D eigenvalue weighted by Crippen LogP contribution is -2.31. The summed E-state index contributed by atoms with van der Waals surface area (Å²) >= 11 is 0. The van der Waals surface area contributed by atoms with Gasteiger partial charge in [-0.15, -0.1) is 12.4 Å². The van der Waals surface area contributed by atoms with Gasteiger partial charge in [-0.2, -0.15) is 5.10 Å². The zero-order chi connectivity index (χ0) is 12.5. The Bertz CT molecular complexity index is 555. The Morgan fingerprint density at radius 3 is 3.00 bits per heavy atom. The molecule has 0 unspecified atom stereocenters.